The van der Waals surface area contributed by atoms with E-state index in [0.717, 1.165) is 23.6 Å². The van der Waals surface area contributed by atoms with E-state index in [0.29, 0.717) is 17.6 Å². The Hall–Kier alpha value is -1.00. The van der Waals surface area contributed by atoms with Crippen LogP contribution in [0.1, 0.15) is 72.1 Å². The van der Waals surface area contributed by atoms with Crippen LogP contribution in [0, 0.1) is 5.92 Å². The second-order valence-electron chi connectivity index (χ2n) is 8.02. The molecule has 1 fully saturated rings. The molecule has 0 amide bonds. The van der Waals surface area contributed by atoms with Gasteiger partial charge >= 0.3 is 0 Å². The largest absolute Gasteiger partial charge is 0.494 e. The van der Waals surface area contributed by atoms with Gasteiger partial charge in [0.05, 0.1) is 6.10 Å². The zero-order valence-corrected chi connectivity index (χ0v) is 17.7. The Kier molecular flexibility index (Phi) is 6.34. The quantitative estimate of drug-likeness (QED) is 0.583. The zero-order valence-electron chi connectivity index (χ0n) is 16.9. The molecule has 0 aromatic rings. The maximum atomic E-state index is 6.51. The van der Waals surface area contributed by atoms with Gasteiger partial charge < -0.3 is 10.1 Å². The highest BCUT2D eigenvalue weighted by Gasteiger charge is 2.38. The molecule has 4 heteroatoms. The van der Waals surface area contributed by atoms with Crippen molar-refractivity contribution in [2.75, 3.05) is 7.05 Å². The molecule has 3 rings (SSSR count). The average Bonchev–Trinajstić information content (AvgIpc) is 3.17. The minimum absolute atomic E-state index is 0.323. The van der Waals surface area contributed by atoms with E-state index in [4.69, 9.17) is 4.74 Å². The number of aliphatic imine (C=N–C) groups is 1. The van der Waals surface area contributed by atoms with Crippen LogP contribution in [0.2, 0.25) is 0 Å². The van der Waals surface area contributed by atoms with Crippen molar-refractivity contribution in [2.45, 2.75) is 83.8 Å². The van der Waals surface area contributed by atoms with Crippen LogP contribution in [-0.2, 0) is 4.74 Å². The van der Waals surface area contributed by atoms with Gasteiger partial charge in [0.25, 0.3) is 0 Å². The van der Waals surface area contributed by atoms with Crippen LogP contribution in [0.25, 0.3) is 0 Å². The number of hydrogen-bond donors (Lipinski definition) is 1. The lowest BCUT2D eigenvalue weighted by Gasteiger charge is -2.40. The van der Waals surface area contributed by atoms with Gasteiger partial charge in [-0.3, -0.25) is 0 Å². The molecule has 0 spiro atoms. The lowest BCUT2D eigenvalue weighted by atomic mass is 9.77. The maximum absolute atomic E-state index is 6.51. The number of rotatable bonds is 6. The van der Waals surface area contributed by atoms with Gasteiger partial charge in [-0.15, -0.1) is 0 Å². The van der Waals surface area contributed by atoms with Crippen LogP contribution in [0.5, 0.6) is 0 Å². The minimum Gasteiger partial charge on any atom is -0.494 e. The molecule has 0 unspecified atom stereocenters. The molecular formula is C22H34N2OS. The molecule has 0 aromatic heterocycles. The van der Waals surface area contributed by atoms with Gasteiger partial charge in [-0.2, -0.15) is 0 Å². The first-order chi connectivity index (χ1) is 12.5. The summed E-state index contributed by atoms with van der Waals surface area (Å²) in [6, 6.07) is 0. The Morgan fingerprint density at radius 3 is 2.73 bits per heavy atom. The number of hydrogen-bond acceptors (Lipinski definition) is 4. The van der Waals surface area contributed by atoms with E-state index in [-0.39, 0.29) is 0 Å². The Morgan fingerprint density at radius 2 is 2.12 bits per heavy atom. The van der Waals surface area contributed by atoms with Crippen molar-refractivity contribution in [1.82, 2.24) is 5.32 Å². The summed E-state index contributed by atoms with van der Waals surface area (Å²) in [5.41, 5.74) is 3.07. The summed E-state index contributed by atoms with van der Waals surface area (Å²) in [4.78, 5) is 6.05. The fourth-order valence-corrected chi connectivity index (χ4v) is 6.21. The van der Waals surface area contributed by atoms with E-state index in [1.807, 2.05) is 11.8 Å². The second-order valence-corrected chi connectivity index (χ2v) is 9.11. The summed E-state index contributed by atoms with van der Waals surface area (Å²) in [6.07, 6.45) is 11.6. The molecule has 0 bridgehead atoms. The fourth-order valence-electron chi connectivity index (χ4n) is 4.86. The topological polar surface area (TPSA) is 33.6 Å². The Morgan fingerprint density at radius 1 is 1.38 bits per heavy atom. The van der Waals surface area contributed by atoms with Gasteiger partial charge in [-0.25, -0.2) is 4.99 Å². The van der Waals surface area contributed by atoms with Gasteiger partial charge in [0.15, 0.2) is 0 Å². The molecule has 1 saturated carbocycles. The first-order valence-corrected chi connectivity index (χ1v) is 11.0. The normalized spacial score (nSPS) is 35.0. The predicted octanol–water partition coefficient (Wildman–Crippen LogP) is 5.95. The highest BCUT2D eigenvalue weighted by atomic mass is 32.2. The van der Waals surface area contributed by atoms with E-state index < -0.39 is 0 Å². The van der Waals surface area contributed by atoms with Gasteiger partial charge in [0, 0.05) is 17.3 Å². The van der Waals surface area contributed by atoms with E-state index in [2.05, 4.69) is 44.7 Å². The van der Waals surface area contributed by atoms with Gasteiger partial charge in [-0.05, 0) is 75.3 Å². The highest BCUT2D eigenvalue weighted by molar-refractivity contribution is 8.18. The summed E-state index contributed by atoms with van der Waals surface area (Å²) in [7, 11) is 2.12. The van der Waals surface area contributed by atoms with Gasteiger partial charge in [-0.1, -0.05) is 38.6 Å². The second kappa shape index (κ2) is 8.35. The number of allylic oxidation sites excluding steroid dienone is 3. The van der Waals surface area contributed by atoms with Crippen LogP contribution >= 0.6 is 11.8 Å². The van der Waals surface area contributed by atoms with Crippen LogP contribution in [0.4, 0.5) is 0 Å². The monoisotopic (exact) mass is 374 g/mol. The summed E-state index contributed by atoms with van der Waals surface area (Å²) in [5, 5.41) is 4.68. The van der Waals surface area contributed by atoms with Crippen molar-refractivity contribution >= 4 is 16.8 Å². The smallest absolute Gasteiger partial charge is 0.111 e. The first-order valence-electron chi connectivity index (χ1n) is 10.2. The molecule has 144 valence electrons. The number of nitrogens with one attached hydrogen (secondary N) is 1. The average molecular weight is 375 g/mol. The Labute approximate surface area is 163 Å². The van der Waals surface area contributed by atoms with Crippen LogP contribution in [-0.4, -0.2) is 23.7 Å². The fraction of sp³-hybridized carbons (Fsp3) is 0.682. The van der Waals surface area contributed by atoms with Crippen molar-refractivity contribution in [3.05, 3.63) is 34.6 Å². The van der Waals surface area contributed by atoms with Crippen molar-refractivity contribution in [2.24, 2.45) is 10.9 Å². The maximum Gasteiger partial charge on any atom is 0.111 e. The third-order valence-corrected chi connectivity index (χ3v) is 7.53. The SMILES string of the molecule is C=CN=C1SC2=C(/C1=C(/C)OC1CCC(CCC)(NC)CC1)[C@@H](C)CC2. The van der Waals surface area contributed by atoms with E-state index in [1.54, 1.807) is 6.20 Å². The van der Waals surface area contributed by atoms with E-state index >= 15 is 0 Å². The molecule has 0 aromatic carbocycles. The molecule has 3 nitrogen and oxygen atoms in total. The van der Waals surface area contributed by atoms with Crippen molar-refractivity contribution < 1.29 is 4.74 Å². The molecule has 26 heavy (non-hydrogen) atoms. The van der Waals surface area contributed by atoms with Crippen molar-refractivity contribution in [1.29, 1.82) is 0 Å². The van der Waals surface area contributed by atoms with Crippen LogP contribution in [0.15, 0.2) is 39.6 Å². The molecule has 0 radical (unpaired) electrons. The first kappa shape index (κ1) is 19.8. The zero-order chi connectivity index (χ0) is 18.7. The van der Waals surface area contributed by atoms with E-state index in [1.165, 1.54) is 54.6 Å². The standard InChI is InChI=1S/C22H34N2OS/c1-6-12-22(23-5)13-10-17(11-14-22)25-16(4)20-19-15(3)8-9-18(19)26-21(20)24-7-2/h7,15,17,23H,2,6,8-14H2,1,3-5H3/b20-16+,24-21?/t15-,17?,22?/m0/s1. The van der Waals surface area contributed by atoms with E-state index in [9.17, 15) is 0 Å². The molecular weight excluding hydrogens is 340 g/mol. The number of nitrogens with zero attached hydrogens (tertiary/aromatic N) is 1. The van der Waals surface area contributed by atoms with Gasteiger partial charge in [0.2, 0.25) is 0 Å². The number of ether oxygens (including phenoxy) is 1. The van der Waals surface area contributed by atoms with Crippen molar-refractivity contribution in [3.63, 3.8) is 0 Å². The molecule has 1 heterocycles. The summed E-state index contributed by atoms with van der Waals surface area (Å²) >= 11 is 1.83. The third-order valence-electron chi connectivity index (χ3n) is 6.35. The minimum atomic E-state index is 0.323. The Bertz CT molecular complexity index is 639. The molecule has 0 saturated heterocycles. The molecule has 2 aliphatic carbocycles. The van der Waals surface area contributed by atoms with Crippen molar-refractivity contribution in [3.8, 4) is 0 Å². The lowest BCUT2D eigenvalue weighted by Crippen LogP contribution is -2.47. The summed E-state index contributed by atoms with van der Waals surface area (Å²) in [5.74, 6) is 1.67. The number of thioether (sulfide) groups is 1. The molecule has 1 atom stereocenters. The third kappa shape index (κ3) is 3.82. The van der Waals surface area contributed by atoms with Gasteiger partial charge in [0.1, 0.15) is 10.8 Å². The Balaban J connectivity index is 1.75. The van der Waals surface area contributed by atoms with Crippen LogP contribution < -0.4 is 5.32 Å². The lowest BCUT2D eigenvalue weighted by molar-refractivity contribution is 0.0501. The van der Waals surface area contributed by atoms with Crippen LogP contribution in [0.3, 0.4) is 0 Å². The molecule has 3 aliphatic rings. The summed E-state index contributed by atoms with van der Waals surface area (Å²) in [6.45, 7) is 10.6. The summed E-state index contributed by atoms with van der Waals surface area (Å²) < 4.78 is 6.51. The molecule has 1 N–H and O–H groups in total. The molecule has 1 aliphatic heterocycles. The predicted molar refractivity (Wildman–Crippen MR) is 113 cm³/mol. The highest BCUT2D eigenvalue weighted by Crippen LogP contribution is 2.51.